The molecule has 4 aromatic carbocycles. The smallest absolute Gasteiger partial charge is 0.264 e. The summed E-state index contributed by atoms with van der Waals surface area (Å²) in [6.07, 6.45) is 0. The first-order valence-electron chi connectivity index (χ1n) is 13.3. The summed E-state index contributed by atoms with van der Waals surface area (Å²) < 4.78 is 34.9. The molecule has 0 aliphatic carbocycles. The van der Waals surface area contributed by atoms with Crippen LogP contribution in [0.25, 0.3) is 0 Å². The van der Waals surface area contributed by atoms with Crippen molar-refractivity contribution in [3.63, 3.8) is 0 Å². The number of anilines is 1. The molecule has 8 nitrogen and oxygen atoms in total. The number of hydrogen-bond donors (Lipinski definition) is 1. The molecule has 4 rings (SSSR count). The third-order valence-electron chi connectivity index (χ3n) is 6.70. The third-order valence-corrected chi connectivity index (χ3v) is 8.86. The van der Waals surface area contributed by atoms with Crippen LogP contribution in [0.1, 0.15) is 18.1 Å². The Morgan fingerprint density at radius 2 is 1.45 bits per heavy atom. The maximum Gasteiger partial charge on any atom is 0.264 e. The summed E-state index contributed by atoms with van der Waals surface area (Å²) >= 11 is 6.37. The van der Waals surface area contributed by atoms with Crippen molar-refractivity contribution in [2.75, 3.05) is 17.9 Å². The van der Waals surface area contributed by atoms with Gasteiger partial charge in [0.1, 0.15) is 24.1 Å². The average molecular weight is 606 g/mol. The number of nitrogens with zero attached hydrogens (tertiary/aromatic N) is 2. The number of ether oxygens (including phenoxy) is 1. The van der Waals surface area contributed by atoms with Crippen LogP contribution in [0.5, 0.6) is 11.5 Å². The zero-order valence-electron chi connectivity index (χ0n) is 23.5. The van der Waals surface area contributed by atoms with E-state index in [-0.39, 0.29) is 17.1 Å². The summed E-state index contributed by atoms with van der Waals surface area (Å²) in [4.78, 5) is 27.9. The van der Waals surface area contributed by atoms with Crippen LogP contribution in [0, 0.1) is 6.92 Å². The van der Waals surface area contributed by atoms with Gasteiger partial charge in [-0.05, 0) is 74.0 Å². The average Bonchev–Trinajstić information content (AvgIpc) is 2.99. The number of carbonyl (C=O) groups is 2. The van der Waals surface area contributed by atoms with Crippen molar-refractivity contribution in [2.45, 2.75) is 31.3 Å². The SMILES string of the molecule is CNC(=O)[C@H](C)N(Cc1ccccc1Cl)C(=O)CN(c1ccc(Oc2ccccc2)cc1)S(=O)(=O)c1ccc(C)cc1. The first-order valence-corrected chi connectivity index (χ1v) is 15.1. The highest BCUT2D eigenvalue weighted by molar-refractivity contribution is 7.92. The summed E-state index contributed by atoms with van der Waals surface area (Å²) in [7, 11) is -2.71. The second kappa shape index (κ2) is 13.5. The maximum atomic E-state index is 14.0. The highest BCUT2D eigenvalue weighted by atomic mass is 35.5. The molecule has 0 radical (unpaired) electrons. The van der Waals surface area contributed by atoms with E-state index in [0.29, 0.717) is 22.1 Å². The van der Waals surface area contributed by atoms with Gasteiger partial charge in [-0.15, -0.1) is 0 Å². The van der Waals surface area contributed by atoms with E-state index in [2.05, 4.69) is 5.32 Å². The summed E-state index contributed by atoms with van der Waals surface area (Å²) in [5, 5.41) is 2.99. The number of benzene rings is 4. The minimum Gasteiger partial charge on any atom is -0.457 e. The number of hydrogen-bond acceptors (Lipinski definition) is 5. The van der Waals surface area contributed by atoms with Crippen LogP contribution in [-0.2, 0) is 26.2 Å². The van der Waals surface area contributed by atoms with Gasteiger partial charge in [0, 0.05) is 18.6 Å². The molecular weight excluding hydrogens is 574 g/mol. The molecule has 1 N–H and O–H groups in total. The number of amides is 2. The number of halogens is 1. The lowest BCUT2D eigenvalue weighted by molar-refractivity contribution is -0.139. The second-order valence-corrected chi connectivity index (χ2v) is 11.9. The Morgan fingerprint density at radius 1 is 0.857 bits per heavy atom. The van der Waals surface area contributed by atoms with Crippen molar-refractivity contribution < 1.29 is 22.7 Å². The summed E-state index contributed by atoms with van der Waals surface area (Å²) in [5.74, 6) is 0.151. The van der Waals surface area contributed by atoms with Gasteiger partial charge < -0.3 is 15.0 Å². The second-order valence-electron chi connectivity index (χ2n) is 9.64. The van der Waals surface area contributed by atoms with Gasteiger partial charge in [-0.2, -0.15) is 0 Å². The van der Waals surface area contributed by atoms with Crippen molar-refractivity contribution in [3.8, 4) is 11.5 Å². The lowest BCUT2D eigenvalue weighted by Crippen LogP contribution is -2.50. The Kier molecular flexibility index (Phi) is 9.88. The van der Waals surface area contributed by atoms with Crippen LogP contribution in [-0.4, -0.2) is 44.8 Å². The molecular formula is C32H32ClN3O5S. The molecule has 0 saturated heterocycles. The van der Waals surface area contributed by atoms with Gasteiger partial charge in [0.2, 0.25) is 11.8 Å². The third kappa shape index (κ3) is 7.29. The van der Waals surface area contributed by atoms with Crippen LogP contribution in [0.4, 0.5) is 5.69 Å². The maximum absolute atomic E-state index is 14.0. The van der Waals surface area contributed by atoms with E-state index in [1.54, 1.807) is 67.6 Å². The Bertz CT molecular complexity index is 1630. The summed E-state index contributed by atoms with van der Waals surface area (Å²) in [6.45, 7) is 2.90. The topological polar surface area (TPSA) is 96.0 Å². The van der Waals surface area contributed by atoms with Crippen molar-refractivity contribution >= 4 is 39.1 Å². The monoisotopic (exact) mass is 605 g/mol. The predicted octanol–water partition coefficient (Wildman–Crippen LogP) is 5.80. The number of nitrogens with one attached hydrogen (secondary N) is 1. The van der Waals surface area contributed by atoms with E-state index in [1.807, 2.05) is 37.3 Å². The first kappa shape index (κ1) is 30.6. The van der Waals surface area contributed by atoms with E-state index in [4.69, 9.17) is 16.3 Å². The van der Waals surface area contributed by atoms with Crippen LogP contribution in [0.3, 0.4) is 0 Å². The van der Waals surface area contributed by atoms with Gasteiger partial charge in [-0.1, -0.05) is 65.7 Å². The lowest BCUT2D eigenvalue weighted by Gasteiger charge is -2.32. The van der Waals surface area contributed by atoms with Gasteiger partial charge in [-0.25, -0.2) is 8.42 Å². The number of likely N-dealkylation sites (N-methyl/N-ethyl adjacent to an activating group) is 1. The molecule has 0 heterocycles. The fourth-order valence-corrected chi connectivity index (χ4v) is 5.88. The number of carbonyl (C=O) groups excluding carboxylic acids is 2. The molecule has 218 valence electrons. The highest BCUT2D eigenvalue weighted by Gasteiger charge is 2.32. The Balaban J connectivity index is 1.71. The zero-order chi connectivity index (χ0) is 30.3. The molecule has 0 bridgehead atoms. The molecule has 10 heteroatoms. The number of rotatable bonds is 11. The van der Waals surface area contributed by atoms with Gasteiger partial charge in [0.25, 0.3) is 10.0 Å². The van der Waals surface area contributed by atoms with E-state index >= 15 is 0 Å². The highest BCUT2D eigenvalue weighted by Crippen LogP contribution is 2.29. The van der Waals surface area contributed by atoms with E-state index in [1.165, 1.54) is 24.1 Å². The largest absolute Gasteiger partial charge is 0.457 e. The van der Waals surface area contributed by atoms with Crippen LogP contribution < -0.4 is 14.4 Å². The van der Waals surface area contributed by atoms with Crippen LogP contribution in [0.15, 0.2) is 108 Å². The molecule has 0 spiro atoms. The van der Waals surface area contributed by atoms with Crippen molar-refractivity contribution in [3.05, 3.63) is 119 Å². The first-order chi connectivity index (χ1) is 20.1. The summed E-state index contributed by atoms with van der Waals surface area (Å²) in [6, 6.07) is 28.1. The Morgan fingerprint density at radius 3 is 2.07 bits per heavy atom. The van der Waals surface area contributed by atoms with E-state index in [9.17, 15) is 18.0 Å². The number of para-hydroxylation sites is 1. The quantitative estimate of drug-likeness (QED) is 0.233. The molecule has 4 aromatic rings. The van der Waals surface area contributed by atoms with Gasteiger partial charge in [0.15, 0.2) is 0 Å². The fraction of sp³-hybridized carbons (Fsp3) is 0.188. The zero-order valence-corrected chi connectivity index (χ0v) is 25.1. The van der Waals surface area contributed by atoms with Gasteiger partial charge in [-0.3, -0.25) is 13.9 Å². The van der Waals surface area contributed by atoms with E-state index < -0.39 is 34.4 Å². The molecule has 0 fully saturated rings. The Hall–Kier alpha value is -4.34. The van der Waals surface area contributed by atoms with Crippen LogP contribution >= 0.6 is 11.6 Å². The minimum atomic E-state index is -4.19. The van der Waals surface area contributed by atoms with Crippen molar-refractivity contribution in [1.29, 1.82) is 0 Å². The van der Waals surface area contributed by atoms with Crippen LogP contribution in [0.2, 0.25) is 5.02 Å². The van der Waals surface area contributed by atoms with Crippen molar-refractivity contribution in [1.82, 2.24) is 10.2 Å². The number of sulfonamides is 1. The molecule has 0 aromatic heterocycles. The molecule has 42 heavy (non-hydrogen) atoms. The molecule has 0 unspecified atom stereocenters. The molecule has 0 aliphatic rings. The molecule has 0 aliphatic heterocycles. The summed E-state index contributed by atoms with van der Waals surface area (Å²) in [5.41, 5.74) is 1.78. The van der Waals surface area contributed by atoms with Crippen molar-refractivity contribution in [2.24, 2.45) is 0 Å². The fourth-order valence-electron chi connectivity index (χ4n) is 4.27. The Labute approximate surface area is 251 Å². The minimum absolute atomic E-state index is 0.00929. The number of aryl methyl sites for hydroxylation is 1. The molecule has 1 atom stereocenters. The normalized spacial score (nSPS) is 11.8. The molecule has 0 saturated carbocycles. The lowest BCUT2D eigenvalue weighted by atomic mass is 10.1. The predicted molar refractivity (Wildman–Crippen MR) is 164 cm³/mol. The molecule has 2 amide bonds. The van der Waals surface area contributed by atoms with Gasteiger partial charge in [0.05, 0.1) is 10.6 Å². The van der Waals surface area contributed by atoms with E-state index in [0.717, 1.165) is 9.87 Å². The van der Waals surface area contributed by atoms with Gasteiger partial charge >= 0.3 is 0 Å². The standard InChI is InChI=1S/C32H32ClN3O5S/c1-23-13-19-29(20-14-23)42(39,40)36(26-15-17-28(18-16-26)41-27-10-5-4-6-11-27)22-31(37)35(24(2)32(38)34-3)21-25-9-7-8-12-30(25)33/h4-20,24H,21-22H2,1-3H3,(H,34,38)/t24-/m0/s1.